The number of hydrogen-bond donors (Lipinski definition) is 1. The van der Waals surface area contributed by atoms with E-state index in [1.54, 1.807) is 37.5 Å². The van der Waals surface area contributed by atoms with Crippen LogP contribution >= 0.6 is 11.8 Å². The number of carbonyl (C=O) groups is 3. The maximum atomic E-state index is 12.9. The van der Waals surface area contributed by atoms with Gasteiger partial charge in [0.05, 0.1) is 12.0 Å². The van der Waals surface area contributed by atoms with Crippen molar-refractivity contribution >= 4 is 34.9 Å². The van der Waals surface area contributed by atoms with E-state index in [0.29, 0.717) is 16.2 Å². The van der Waals surface area contributed by atoms with E-state index in [-0.39, 0.29) is 18.3 Å². The third kappa shape index (κ3) is 4.58. The van der Waals surface area contributed by atoms with Crippen LogP contribution in [0, 0.1) is 5.82 Å². The monoisotopic (exact) mass is 400 g/mol. The Balaban J connectivity index is 1.58. The molecular weight excluding hydrogens is 383 g/mol. The first-order valence-corrected chi connectivity index (χ1v) is 9.23. The molecule has 1 aliphatic rings. The summed E-state index contributed by atoms with van der Waals surface area (Å²) in [7, 11) is 1.56. The van der Waals surface area contributed by atoms with E-state index in [1.165, 1.54) is 24.3 Å². The Morgan fingerprint density at radius 3 is 2.46 bits per heavy atom. The first-order valence-electron chi connectivity index (χ1n) is 8.41. The summed E-state index contributed by atoms with van der Waals surface area (Å²) in [5.74, 6) is -0.539. The van der Waals surface area contributed by atoms with Crippen LogP contribution in [-0.4, -0.2) is 42.2 Å². The highest BCUT2D eigenvalue weighted by Crippen LogP contribution is 2.32. The molecule has 3 amide bonds. The Bertz CT molecular complexity index is 926. The van der Waals surface area contributed by atoms with E-state index in [0.717, 1.165) is 22.2 Å². The SMILES string of the molecule is COc1ccc(/C=C2\SC(=O)N(CCNC(=O)c3ccc(F)cc3)C2=O)cc1. The Labute approximate surface area is 165 Å². The number of rotatable bonds is 6. The lowest BCUT2D eigenvalue weighted by molar-refractivity contribution is -0.122. The van der Waals surface area contributed by atoms with Gasteiger partial charge in [0.25, 0.3) is 17.1 Å². The van der Waals surface area contributed by atoms with E-state index in [1.807, 2.05) is 0 Å². The predicted octanol–water partition coefficient (Wildman–Crippen LogP) is 3.30. The Morgan fingerprint density at radius 2 is 1.82 bits per heavy atom. The second-order valence-corrected chi connectivity index (χ2v) is 6.86. The van der Waals surface area contributed by atoms with Gasteiger partial charge in [-0.2, -0.15) is 0 Å². The number of ether oxygens (including phenoxy) is 1. The van der Waals surface area contributed by atoms with E-state index < -0.39 is 17.6 Å². The van der Waals surface area contributed by atoms with Crippen LogP contribution in [0.15, 0.2) is 53.4 Å². The third-order valence-corrected chi connectivity index (χ3v) is 4.92. The normalized spacial score (nSPS) is 15.2. The fraction of sp³-hybridized carbons (Fsp3) is 0.150. The number of thioether (sulfide) groups is 1. The van der Waals surface area contributed by atoms with Crippen molar-refractivity contribution < 1.29 is 23.5 Å². The molecule has 1 N–H and O–H groups in total. The molecule has 0 aromatic heterocycles. The van der Waals surface area contributed by atoms with E-state index >= 15 is 0 Å². The molecule has 0 unspecified atom stereocenters. The lowest BCUT2D eigenvalue weighted by Gasteiger charge is -2.13. The fourth-order valence-corrected chi connectivity index (χ4v) is 3.39. The van der Waals surface area contributed by atoms with Gasteiger partial charge in [-0.15, -0.1) is 0 Å². The Morgan fingerprint density at radius 1 is 1.14 bits per heavy atom. The molecule has 0 saturated carbocycles. The number of benzene rings is 2. The average molecular weight is 400 g/mol. The number of hydrogen-bond acceptors (Lipinski definition) is 5. The van der Waals surface area contributed by atoms with E-state index in [9.17, 15) is 18.8 Å². The average Bonchev–Trinajstić information content (AvgIpc) is 2.96. The van der Waals surface area contributed by atoms with Gasteiger partial charge >= 0.3 is 0 Å². The van der Waals surface area contributed by atoms with Crippen LogP contribution in [0.1, 0.15) is 15.9 Å². The molecule has 8 heteroatoms. The number of halogens is 1. The summed E-state index contributed by atoms with van der Waals surface area (Å²) >= 11 is 0.856. The lowest BCUT2D eigenvalue weighted by atomic mass is 10.2. The summed E-state index contributed by atoms with van der Waals surface area (Å²) in [4.78, 5) is 38.0. The molecule has 1 aliphatic heterocycles. The van der Waals surface area contributed by atoms with Gasteiger partial charge in [0, 0.05) is 18.7 Å². The molecule has 0 bridgehead atoms. The zero-order valence-electron chi connectivity index (χ0n) is 15.0. The fourth-order valence-electron chi connectivity index (χ4n) is 2.53. The summed E-state index contributed by atoms with van der Waals surface area (Å²) in [5, 5.41) is 2.23. The van der Waals surface area contributed by atoms with Gasteiger partial charge < -0.3 is 10.1 Å². The van der Waals surface area contributed by atoms with Crippen molar-refractivity contribution in [1.82, 2.24) is 10.2 Å². The first-order chi connectivity index (χ1) is 13.5. The molecule has 0 aliphatic carbocycles. The van der Waals surface area contributed by atoms with Crippen molar-refractivity contribution in [1.29, 1.82) is 0 Å². The molecule has 2 aromatic carbocycles. The van der Waals surface area contributed by atoms with Gasteiger partial charge in [-0.25, -0.2) is 4.39 Å². The number of nitrogens with zero attached hydrogens (tertiary/aromatic N) is 1. The van der Waals surface area contributed by atoms with Crippen molar-refractivity contribution in [2.45, 2.75) is 0 Å². The topological polar surface area (TPSA) is 75.7 Å². The molecule has 2 aromatic rings. The lowest BCUT2D eigenvalue weighted by Crippen LogP contribution is -2.37. The van der Waals surface area contributed by atoms with Gasteiger partial charge in [0.15, 0.2) is 0 Å². The highest BCUT2D eigenvalue weighted by atomic mass is 32.2. The standard InChI is InChI=1S/C20H17FN2O4S/c1-27-16-8-2-13(3-9-16)12-17-19(25)23(20(26)28-17)11-10-22-18(24)14-4-6-15(21)7-5-14/h2-9,12H,10-11H2,1H3,(H,22,24)/b17-12-. The van der Waals surface area contributed by atoms with Crippen molar-refractivity contribution in [3.05, 3.63) is 70.4 Å². The van der Waals surface area contributed by atoms with Crippen LogP contribution < -0.4 is 10.1 Å². The quantitative estimate of drug-likeness (QED) is 0.753. The Hall–Kier alpha value is -3.13. The van der Waals surface area contributed by atoms with Crippen LogP contribution in [-0.2, 0) is 4.79 Å². The number of imide groups is 1. The maximum Gasteiger partial charge on any atom is 0.293 e. The third-order valence-electron chi connectivity index (χ3n) is 4.01. The van der Waals surface area contributed by atoms with Crippen molar-refractivity contribution in [2.24, 2.45) is 0 Å². The van der Waals surface area contributed by atoms with E-state index in [2.05, 4.69) is 5.32 Å². The van der Waals surface area contributed by atoms with Gasteiger partial charge in [-0.05, 0) is 59.8 Å². The van der Waals surface area contributed by atoms with Gasteiger partial charge in [-0.1, -0.05) is 12.1 Å². The maximum absolute atomic E-state index is 12.9. The number of methoxy groups -OCH3 is 1. The second kappa shape index (κ2) is 8.71. The summed E-state index contributed by atoms with van der Waals surface area (Å²) in [6.07, 6.45) is 1.64. The van der Waals surface area contributed by atoms with Crippen molar-refractivity contribution in [3.63, 3.8) is 0 Å². The highest BCUT2D eigenvalue weighted by molar-refractivity contribution is 8.18. The van der Waals surface area contributed by atoms with Gasteiger partial charge in [-0.3, -0.25) is 19.3 Å². The van der Waals surface area contributed by atoms with Crippen LogP contribution in [0.2, 0.25) is 0 Å². The number of nitrogens with one attached hydrogen (secondary N) is 1. The van der Waals surface area contributed by atoms with Crippen LogP contribution in [0.5, 0.6) is 5.75 Å². The summed E-state index contributed by atoms with van der Waals surface area (Å²) < 4.78 is 18.0. The molecule has 1 heterocycles. The number of amides is 3. The largest absolute Gasteiger partial charge is 0.497 e. The molecule has 0 atom stereocenters. The first kappa shape index (κ1) is 19.6. The zero-order chi connectivity index (χ0) is 20.1. The Kier molecular flexibility index (Phi) is 6.10. The van der Waals surface area contributed by atoms with Crippen LogP contribution in [0.3, 0.4) is 0 Å². The zero-order valence-corrected chi connectivity index (χ0v) is 15.8. The molecule has 1 fully saturated rings. The minimum absolute atomic E-state index is 0.0531. The van der Waals surface area contributed by atoms with Crippen molar-refractivity contribution in [3.8, 4) is 5.75 Å². The second-order valence-electron chi connectivity index (χ2n) is 5.87. The minimum atomic E-state index is -0.432. The molecule has 6 nitrogen and oxygen atoms in total. The molecule has 3 rings (SSSR count). The van der Waals surface area contributed by atoms with Gasteiger partial charge in [0.1, 0.15) is 11.6 Å². The van der Waals surface area contributed by atoms with Gasteiger partial charge in [0.2, 0.25) is 0 Å². The van der Waals surface area contributed by atoms with Crippen molar-refractivity contribution in [2.75, 3.05) is 20.2 Å². The molecule has 28 heavy (non-hydrogen) atoms. The summed E-state index contributed by atoms with van der Waals surface area (Å²) in [6, 6.07) is 12.2. The molecule has 144 valence electrons. The smallest absolute Gasteiger partial charge is 0.293 e. The molecule has 0 spiro atoms. The summed E-state index contributed by atoms with van der Waals surface area (Å²) in [5.41, 5.74) is 1.07. The number of carbonyl (C=O) groups excluding carboxylic acids is 3. The summed E-state index contributed by atoms with van der Waals surface area (Å²) in [6.45, 7) is 0.154. The van der Waals surface area contributed by atoms with Crippen LogP contribution in [0.4, 0.5) is 9.18 Å². The molecular formula is C20H17FN2O4S. The highest BCUT2D eigenvalue weighted by Gasteiger charge is 2.34. The van der Waals surface area contributed by atoms with Crippen LogP contribution in [0.25, 0.3) is 6.08 Å². The molecule has 0 radical (unpaired) electrons. The minimum Gasteiger partial charge on any atom is -0.497 e. The predicted molar refractivity (Wildman–Crippen MR) is 104 cm³/mol. The van der Waals surface area contributed by atoms with E-state index in [4.69, 9.17) is 4.74 Å². The molecule has 1 saturated heterocycles.